The zero-order chi connectivity index (χ0) is 24.8. The summed E-state index contributed by atoms with van der Waals surface area (Å²) in [7, 11) is 1.51. The van der Waals surface area contributed by atoms with Gasteiger partial charge in [-0.25, -0.2) is 4.79 Å². The van der Waals surface area contributed by atoms with Crippen molar-refractivity contribution >= 4 is 47.0 Å². The molecule has 10 heteroatoms. The maximum atomic E-state index is 12.0. The number of methoxy groups -OCH3 is 1. The molecule has 0 aliphatic heterocycles. The third kappa shape index (κ3) is 6.36. The molecule has 0 saturated heterocycles. The van der Waals surface area contributed by atoms with Gasteiger partial charge in [0.25, 0.3) is 11.1 Å². The number of carboxylic acids is 1. The van der Waals surface area contributed by atoms with Crippen molar-refractivity contribution in [3.05, 3.63) is 92.8 Å². The van der Waals surface area contributed by atoms with E-state index in [0.29, 0.717) is 39.3 Å². The summed E-state index contributed by atoms with van der Waals surface area (Å²) in [5.74, 6) is 0.0259. The minimum atomic E-state index is -1.15. The molecule has 4 rings (SSSR count). The monoisotopic (exact) mass is 528 g/mol. The van der Waals surface area contributed by atoms with Crippen LogP contribution in [0, 0.1) is 0 Å². The van der Waals surface area contributed by atoms with E-state index < -0.39 is 5.97 Å². The molecule has 3 aromatic carbocycles. The molecule has 0 saturated carbocycles. The molecule has 178 valence electrons. The number of hydrogen-bond acceptors (Lipinski definition) is 7. The van der Waals surface area contributed by atoms with Crippen LogP contribution >= 0.6 is 35.0 Å². The lowest BCUT2D eigenvalue weighted by atomic mass is 10.2. The van der Waals surface area contributed by atoms with Crippen LogP contribution in [0.15, 0.2) is 81.3 Å². The Balaban J connectivity index is 1.56. The largest absolute Gasteiger partial charge is 0.496 e. The molecule has 1 aromatic heterocycles. The number of rotatable bonds is 9. The van der Waals surface area contributed by atoms with Crippen LogP contribution in [0.3, 0.4) is 0 Å². The van der Waals surface area contributed by atoms with Gasteiger partial charge < -0.3 is 19.0 Å². The van der Waals surface area contributed by atoms with Gasteiger partial charge in [-0.3, -0.25) is 0 Å². The molecule has 4 aromatic rings. The number of benzene rings is 3. The van der Waals surface area contributed by atoms with Crippen molar-refractivity contribution < 1.29 is 23.8 Å². The minimum Gasteiger partial charge on any atom is -0.496 e. The van der Waals surface area contributed by atoms with Crippen LogP contribution in [-0.2, 0) is 11.4 Å². The Bertz CT molecular complexity index is 1370. The molecule has 0 spiro atoms. The summed E-state index contributed by atoms with van der Waals surface area (Å²) in [6.07, 6.45) is 1.49. The van der Waals surface area contributed by atoms with Gasteiger partial charge in [0.2, 0.25) is 0 Å². The molecular formula is C25H18Cl2N2O5S. The second-order valence-electron chi connectivity index (χ2n) is 7.09. The summed E-state index contributed by atoms with van der Waals surface area (Å²) in [6, 6.07) is 19.4. The summed E-state index contributed by atoms with van der Waals surface area (Å²) in [5.41, 5.74) is 2.01. The smallest absolute Gasteiger partial charge is 0.342 e. The van der Waals surface area contributed by atoms with Crippen molar-refractivity contribution in [2.24, 2.45) is 0 Å². The summed E-state index contributed by atoms with van der Waals surface area (Å²) < 4.78 is 16.9. The highest BCUT2D eigenvalue weighted by molar-refractivity contribution is 8.03. The lowest BCUT2D eigenvalue weighted by molar-refractivity contribution is -0.131. The molecule has 0 fully saturated rings. The van der Waals surface area contributed by atoms with Gasteiger partial charge in [-0.1, -0.05) is 53.5 Å². The normalized spacial score (nSPS) is 11.3. The first kappa shape index (κ1) is 24.7. The van der Waals surface area contributed by atoms with E-state index in [1.165, 1.54) is 13.2 Å². The number of nitrogens with zero attached hydrogens (tertiary/aromatic N) is 2. The van der Waals surface area contributed by atoms with Crippen molar-refractivity contribution in [1.29, 1.82) is 0 Å². The summed E-state index contributed by atoms with van der Waals surface area (Å²) >= 11 is 12.8. The predicted octanol–water partition coefficient (Wildman–Crippen LogP) is 6.85. The first-order valence-electron chi connectivity index (χ1n) is 10.2. The zero-order valence-corrected chi connectivity index (χ0v) is 20.6. The van der Waals surface area contributed by atoms with Gasteiger partial charge in [0.15, 0.2) is 0 Å². The number of carboxylic acid groups (broad SMARTS) is 1. The highest BCUT2D eigenvalue weighted by atomic mass is 35.5. The minimum absolute atomic E-state index is 0.0270. The Labute approximate surface area is 215 Å². The number of para-hydroxylation sites is 1. The number of halogens is 2. The first-order valence-corrected chi connectivity index (χ1v) is 11.8. The molecular weight excluding hydrogens is 511 g/mol. The molecule has 0 atom stereocenters. The summed E-state index contributed by atoms with van der Waals surface area (Å²) in [4.78, 5) is 12.0. The molecule has 0 aliphatic rings. The maximum absolute atomic E-state index is 12.0. The number of carbonyl (C=O) groups is 1. The molecule has 0 amide bonds. The fourth-order valence-corrected chi connectivity index (χ4v) is 4.01. The van der Waals surface area contributed by atoms with Gasteiger partial charge in [-0.05, 0) is 59.8 Å². The van der Waals surface area contributed by atoms with Gasteiger partial charge in [0, 0.05) is 15.6 Å². The Kier molecular flexibility index (Phi) is 7.97. The number of thioether (sulfide) groups is 1. The number of aliphatic carboxylic acids is 1. The molecule has 1 N–H and O–H groups in total. The standard InChI is InChI=1S/C25H18Cl2N2O5S/c1-32-21-11-10-18(27)13-19(21)23-28-29-25(34-23)35-22(24(30)31)12-16-4-2-3-5-20(16)33-14-15-6-8-17(26)9-7-15/h2-13H,14H2,1H3,(H,30,31)/b22-12-. The van der Waals surface area contributed by atoms with Crippen LogP contribution in [0.1, 0.15) is 11.1 Å². The number of aromatic nitrogens is 2. The highest BCUT2D eigenvalue weighted by Gasteiger charge is 2.19. The van der Waals surface area contributed by atoms with Crippen molar-refractivity contribution in [1.82, 2.24) is 10.2 Å². The van der Waals surface area contributed by atoms with Crippen molar-refractivity contribution in [2.75, 3.05) is 7.11 Å². The Morgan fingerprint density at radius 3 is 2.51 bits per heavy atom. The predicted molar refractivity (Wildman–Crippen MR) is 135 cm³/mol. The van der Waals surface area contributed by atoms with Crippen molar-refractivity contribution in [3.63, 3.8) is 0 Å². The Morgan fingerprint density at radius 1 is 1.03 bits per heavy atom. The van der Waals surface area contributed by atoms with Crippen LogP contribution in [0.25, 0.3) is 17.5 Å². The van der Waals surface area contributed by atoms with Gasteiger partial charge in [0.05, 0.1) is 12.7 Å². The lowest BCUT2D eigenvalue weighted by Gasteiger charge is -2.10. The van der Waals surface area contributed by atoms with Crippen LogP contribution < -0.4 is 9.47 Å². The van der Waals surface area contributed by atoms with E-state index >= 15 is 0 Å². The lowest BCUT2D eigenvalue weighted by Crippen LogP contribution is -1.99. The fourth-order valence-electron chi connectivity index (χ4n) is 3.05. The van der Waals surface area contributed by atoms with Crippen LogP contribution in [-0.4, -0.2) is 28.4 Å². The van der Waals surface area contributed by atoms with E-state index in [4.69, 9.17) is 37.1 Å². The van der Waals surface area contributed by atoms with Gasteiger partial charge in [0.1, 0.15) is 23.0 Å². The average Bonchev–Trinajstić information content (AvgIpc) is 3.32. The fraction of sp³-hybridized carbons (Fsp3) is 0.0800. The molecule has 7 nitrogen and oxygen atoms in total. The SMILES string of the molecule is COc1ccc(Cl)cc1-c1nnc(S/C(=C\c2ccccc2OCc2ccc(Cl)cc2)C(=O)O)o1. The quantitative estimate of drug-likeness (QED) is 0.186. The third-order valence-corrected chi connectivity index (χ3v) is 6.06. The number of ether oxygens (including phenoxy) is 2. The number of hydrogen-bond donors (Lipinski definition) is 1. The van der Waals surface area contributed by atoms with E-state index in [-0.39, 0.29) is 16.0 Å². The highest BCUT2D eigenvalue weighted by Crippen LogP contribution is 2.35. The summed E-state index contributed by atoms with van der Waals surface area (Å²) in [5, 5.41) is 18.9. The summed E-state index contributed by atoms with van der Waals surface area (Å²) in [6.45, 7) is 0.298. The maximum Gasteiger partial charge on any atom is 0.342 e. The molecule has 0 unspecified atom stereocenters. The second kappa shape index (κ2) is 11.3. The van der Waals surface area contributed by atoms with E-state index in [1.54, 1.807) is 48.5 Å². The van der Waals surface area contributed by atoms with Gasteiger partial charge in [-0.2, -0.15) is 0 Å². The van der Waals surface area contributed by atoms with Crippen molar-refractivity contribution in [2.45, 2.75) is 11.8 Å². The topological polar surface area (TPSA) is 94.7 Å². The average molecular weight is 529 g/mol. The van der Waals surface area contributed by atoms with Crippen LogP contribution in [0.4, 0.5) is 0 Å². The molecule has 35 heavy (non-hydrogen) atoms. The Hall–Kier alpha value is -3.46. The van der Waals surface area contributed by atoms with E-state index in [9.17, 15) is 9.90 Å². The molecule has 0 radical (unpaired) electrons. The van der Waals surface area contributed by atoms with Crippen molar-refractivity contribution in [3.8, 4) is 23.0 Å². The first-order chi connectivity index (χ1) is 16.9. The van der Waals surface area contributed by atoms with E-state index in [0.717, 1.165) is 17.3 Å². The molecule has 0 aliphatic carbocycles. The second-order valence-corrected chi connectivity index (χ2v) is 8.95. The van der Waals surface area contributed by atoms with Crippen LogP contribution in [0.2, 0.25) is 10.0 Å². The molecule has 1 heterocycles. The van der Waals surface area contributed by atoms with E-state index in [1.807, 2.05) is 18.2 Å². The molecule has 0 bridgehead atoms. The van der Waals surface area contributed by atoms with Gasteiger partial charge >= 0.3 is 5.97 Å². The zero-order valence-electron chi connectivity index (χ0n) is 18.3. The third-order valence-electron chi connectivity index (χ3n) is 4.72. The van der Waals surface area contributed by atoms with Gasteiger partial charge in [-0.15, -0.1) is 10.2 Å². The Morgan fingerprint density at radius 2 is 1.77 bits per heavy atom. The van der Waals surface area contributed by atoms with E-state index in [2.05, 4.69) is 10.2 Å². The van der Waals surface area contributed by atoms with Crippen LogP contribution in [0.5, 0.6) is 11.5 Å².